The second-order valence-corrected chi connectivity index (χ2v) is 19.9. The Morgan fingerprint density at radius 3 is 1.48 bits per heavy atom. The molecule has 0 aromatic heterocycles. The number of nitrogens with zero attached hydrogens (tertiary/aromatic N) is 8. The molecule has 0 saturated heterocycles. The summed E-state index contributed by atoms with van der Waals surface area (Å²) in [4.78, 5) is 11.7. The number of hydrogen-bond donors (Lipinski definition) is 5. The third kappa shape index (κ3) is 15.4. The molecule has 0 heterocycles. The van der Waals surface area contributed by atoms with E-state index in [1.807, 2.05) is 39.0 Å². The van der Waals surface area contributed by atoms with Gasteiger partial charge in [-0.3, -0.25) is 13.9 Å². The Morgan fingerprint density at radius 2 is 0.935 bits per heavy atom. The van der Waals surface area contributed by atoms with Gasteiger partial charge in [0.15, 0.2) is 5.75 Å². The van der Waals surface area contributed by atoms with E-state index in [-0.39, 0.29) is 33.8 Å². The Labute approximate surface area is 441 Å². The average molecular weight is 1120 g/mol. The van der Waals surface area contributed by atoms with E-state index in [1.165, 1.54) is 12.1 Å². The summed E-state index contributed by atoms with van der Waals surface area (Å²) in [6, 6.07) is 35.2. The summed E-state index contributed by atoms with van der Waals surface area (Å²) in [5, 5.41) is 49.9. The second kappa shape index (κ2) is 24.4. The highest BCUT2D eigenvalue weighted by Gasteiger charge is 2.21. The zero-order chi connectivity index (χ0) is 56.4. The molecule has 24 nitrogen and oxygen atoms in total. The third-order valence-corrected chi connectivity index (χ3v) is 12.6. The summed E-state index contributed by atoms with van der Waals surface area (Å²) in [6.07, 6.45) is 0. The van der Waals surface area contributed by atoms with Gasteiger partial charge in [-0.15, -0.1) is 35.5 Å². The van der Waals surface area contributed by atoms with Crippen LogP contribution in [0.3, 0.4) is 0 Å². The number of nitrogen functional groups attached to an aromatic ring is 1. The van der Waals surface area contributed by atoms with Crippen LogP contribution >= 0.6 is 0 Å². The second-order valence-electron chi connectivity index (χ2n) is 16.3. The van der Waals surface area contributed by atoms with Crippen molar-refractivity contribution in [2.75, 3.05) is 11.1 Å². The van der Waals surface area contributed by atoms with Gasteiger partial charge >= 0.3 is 21.2 Å². The standard InChI is InChI=1S/C49H40N10O8S2.2O3S/c1-27-19-37(13-17-40(27)54-52-36-14-18-41(28(2)20-36)55-59-45-26-39-31(25-47(45)69(65,66)67)7-6-10-46(39)68(62,63)64)53-57-43-21-30(4)44(22-29(43)3)58-56-42-16-11-32-24-35(12-15-38(32)48(42)60)51-49(61)33-8-5-9-34(50)23-33;2*1-4(2)3/h5-26,60H,50H2,1-4H3,(H,51,61)(H,62,63,64)(H,65,66,67);;. The molecule has 0 aliphatic carbocycles. The van der Waals surface area contributed by atoms with E-state index in [1.54, 1.807) is 91.9 Å². The summed E-state index contributed by atoms with van der Waals surface area (Å²) in [5.41, 5.74) is 13.3. The van der Waals surface area contributed by atoms with Gasteiger partial charge in [0.2, 0.25) is 0 Å². The quantitative estimate of drug-likeness (QED) is 0.0431. The molecule has 1 amide bonds. The van der Waals surface area contributed by atoms with E-state index in [4.69, 9.17) is 31.0 Å². The van der Waals surface area contributed by atoms with E-state index < -0.39 is 51.2 Å². The fraction of sp³-hybridized carbons (Fsp3) is 0.0816. The first-order valence-corrected chi connectivity index (χ1v) is 26.6. The molecule has 8 aromatic carbocycles. The number of nitrogens with one attached hydrogen (secondary N) is 1. The molecular weight excluding hydrogens is 1080 g/mol. The smallest absolute Gasteiger partial charge is 0.425 e. The molecule has 0 aliphatic rings. The Kier molecular flexibility index (Phi) is 18.1. The first-order valence-electron chi connectivity index (χ1n) is 21.7. The fourth-order valence-electron chi connectivity index (χ4n) is 7.19. The van der Waals surface area contributed by atoms with Crippen molar-refractivity contribution in [1.29, 1.82) is 0 Å². The largest absolute Gasteiger partial charge is 0.505 e. The first-order chi connectivity index (χ1) is 36.3. The van der Waals surface area contributed by atoms with Gasteiger partial charge in [-0.05, 0) is 170 Å². The molecule has 0 aliphatic heterocycles. The summed E-state index contributed by atoms with van der Waals surface area (Å²) < 4.78 is 119. The van der Waals surface area contributed by atoms with Crippen molar-refractivity contribution in [2.24, 2.45) is 40.9 Å². The van der Waals surface area contributed by atoms with E-state index in [9.17, 15) is 35.8 Å². The van der Waals surface area contributed by atoms with Crippen molar-refractivity contribution in [2.45, 2.75) is 37.5 Å². The highest BCUT2D eigenvalue weighted by Crippen LogP contribution is 2.39. The van der Waals surface area contributed by atoms with Crippen molar-refractivity contribution in [3.8, 4) is 5.75 Å². The van der Waals surface area contributed by atoms with Crippen LogP contribution in [0.25, 0.3) is 21.5 Å². The van der Waals surface area contributed by atoms with Crippen molar-refractivity contribution >= 4 is 126 Å². The molecule has 394 valence electrons. The monoisotopic (exact) mass is 1120 g/mol. The maximum atomic E-state index is 12.7. The summed E-state index contributed by atoms with van der Waals surface area (Å²) >= 11 is 0. The molecule has 28 heteroatoms. The molecule has 0 fully saturated rings. The zero-order valence-electron chi connectivity index (χ0n) is 40.3. The van der Waals surface area contributed by atoms with Gasteiger partial charge in [0.05, 0.1) is 34.1 Å². The minimum atomic E-state index is -4.80. The van der Waals surface area contributed by atoms with E-state index >= 15 is 0 Å². The lowest BCUT2D eigenvalue weighted by Gasteiger charge is -2.09. The lowest BCUT2D eigenvalue weighted by molar-refractivity contribution is 0.102. The molecule has 0 saturated carbocycles. The van der Waals surface area contributed by atoms with Crippen LogP contribution < -0.4 is 11.1 Å². The van der Waals surface area contributed by atoms with E-state index in [0.29, 0.717) is 67.4 Å². The lowest BCUT2D eigenvalue weighted by Crippen LogP contribution is -2.12. The van der Waals surface area contributed by atoms with Gasteiger partial charge in [-0.2, -0.15) is 47.5 Å². The molecule has 0 radical (unpaired) electrons. The van der Waals surface area contributed by atoms with Crippen LogP contribution in [0.5, 0.6) is 5.75 Å². The Bertz CT molecular complexity index is 4230. The van der Waals surface area contributed by atoms with Crippen molar-refractivity contribution in [1.82, 2.24) is 0 Å². The Balaban J connectivity index is 0.00000112. The molecule has 77 heavy (non-hydrogen) atoms. The lowest BCUT2D eigenvalue weighted by atomic mass is 10.1. The molecule has 0 spiro atoms. The Morgan fingerprint density at radius 1 is 0.468 bits per heavy atom. The van der Waals surface area contributed by atoms with Gasteiger partial charge in [-0.1, -0.05) is 24.3 Å². The van der Waals surface area contributed by atoms with Crippen LogP contribution in [0.2, 0.25) is 0 Å². The fourth-order valence-corrected chi connectivity index (χ4v) is 8.53. The van der Waals surface area contributed by atoms with Crippen LogP contribution in [-0.2, 0) is 41.5 Å². The minimum absolute atomic E-state index is 0.0164. The Hall–Kier alpha value is -9.19. The van der Waals surface area contributed by atoms with E-state index in [0.717, 1.165) is 34.9 Å². The molecule has 0 bridgehead atoms. The normalized spacial score (nSPS) is 11.7. The molecule has 0 unspecified atom stereocenters. The van der Waals surface area contributed by atoms with Crippen molar-refractivity contribution in [3.63, 3.8) is 0 Å². The molecule has 8 aromatic rings. The third-order valence-electron chi connectivity index (χ3n) is 10.8. The van der Waals surface area contributed by atoms with Crippen molar-refractivity contribution < 1.29 is 61.1 Å². The number of fused-ring (bicyclic) bond motifs is 2. The number of benzene rings is 8. The number of nitrogens with two attached hydrogens (primary N) is 1. The van der Waals surface area contributed by atoms with Crippen LogP contribution in [0.15, 0.2) is 184 Å². The zero-order valence-corrected chi connectivity index (χ0v) is 43.6. The van der Waals surface area contributed by atoms with Crippen LogP contribution in [0.4, 0.5) is 56.9 Å². The van der Waals surface area contributed by atoms with Crippen LogP contribution in [0.1, 0.15) is 32.6 Å². The number of aromatic hydroxyl groups is 1. The molecular formula is C49H40N10O14S4. The van der Waals surface area contributed by atoms with Gasteiger partial charge < -0.3 is 16.2 Å². The highest BCUT2D eigenvalue weighted by molar-refractivity contribution is 7.86. The van der Waals surface area contributed by atoms with E-state index in [2.05, 4.69) is 46.2 Å². The van der Waals surface area contributed by atoms with Crippen molar-refractivity contribution in [3.05, 3.63) is 161 Å². The summed E-state index contributed by atoms with van der Waals surface area (Å²) in [5.74, 6) is -0.361. The van der Waals surface area contributed by atoms with Gasteiger partial charge in [0.1, 0.15) is 21.2 Å². The maximum Gasteiger partial charge on any atom is 0.425 e. The topological polar surface area (TPSA) is 385 Å². The predicted molar refractivity (Wildman–Crippen MR) is 282 cm³/mol. The number of azo groups is 4. The van der Waals surface area contributed by atoms with Gasteiger partial charge in [0, 0.05) is 27.7 Å². The minimum Gasteiger partial charge on any atom is -0.505 e. The maximum absolute atomic E-state index is 12.7. The number of anilines is 2. The SMILES string of the molecule is Cc1cc(N=Nc2cc(C)c(N=Nc3ccc4cc(NC(=O)c5cccc(N)c5)ccc4c3O)cc2C)ccc1N=Nc1ccc(N=Nc2cc3c(S(=O)(=O)O)cccc3cc2S(=O)(=O)O)c(C)c1.O=S(=O)=O.O=S(=O)=O. The average Bonchev–Trinajstić information content (AvgIpc) is 3.35. The molecule has 6 N–H and O–H groups in total. The molecule has 0 atom stereocenters. The highest BCUT2D eigenvalue weighted by atomic mass is 32.2. The van der Waals surface area contributed by atoms with Gasteiger partial charge in [0.25, 0.3) is 26.1 Å². The predicted octanol–water partition coefficient (Wildman–Crippen LogP) is 11.9. The van der Waals surface area contributed by atoms with Gasteiger partial charge in [-0.25, -0.2) is 0 Å². The van der Waals surface area contributed by atoms with Crippen LogP contribution in [0, 0.1) is 27.7 Å². The number of amides is 1. The number of carbonyl (C=O) groups excluding carboxylic acids is 1. The number of rotatable bonds is 12. The molecule has 8 rings (SSSR count). The number of phenols is 1. The number of aryl methyl sites for hydroxylation is 4. The number of carbonyl (C=O) groups is 1. The number of hydrogen-bond acceptors (Lipinski definition) is 21. The van der Waals surface area contributed by atoms with Crippen LogP contribution in [-0.4, -0.2) is 62.2 Å². The first kappa shape index (κ1) is 57.1. The number of phenolic OH excluding ortho intramolecular Hbond substituents is 1. The summed E-state index contributed by atoms with van der Waals surface area (Å²) in [6.45, 7) is 7.34. The summed E-state index contributed by atoms with van der Waals surface area (Å²) in [7, 11) is -15.7.